The van der Waals surface area contributed by atoms with Crippen LogP contribution in [0.15, 0.2) is 65.9 Å². The number of nitrogens with one attached hydrogen (secondary N) is 5. The average molecular weight is 660 g/mol. The summed E-state index contributed by atoms with van der Waals surface area (Å²) in [5, 5.41) is 20.0. The Balaban J connectivity index is 1.54. The first kappa shape index (κ1) is 35.5. The van der Waals surface area contributed by atoms with Crippen molar-refractivity contribution in [1.29, 1.82) is 0 Å². The molecule has 48 heavy (non-hydrogen) atoms. The minimum atomic E-state index is -1.28. The fraction of sp³-hybridized carbons (Fsp3) is 0.382. The maximum absolute atomic E-state index is 13.9. The number of para-hydroxylation sites is 2. The Labute approximate surface area is 278 Å². The molecule has 0 aliphatic carbocycles. The van der Waals surface area contributed by atoms with Crippen molar-refractivity contribution >= 4 is 51.5 Å². The third kappa shape index (κ3) is 9.58. The first-order valence-corrected chi connectivity index (χ1v) is 16.0. The molecule has 14 nitrogen and oxygen atoms in total. The Kier molecular flexibility index (Phi) is 12.2. The first-order valence-electron chi connectivity index (χ1n) is 16.0. The second-order valence-electron chi connectivity index (χ2n) is 12.3. The summed E-state index contributed by atoms with van der Waals surface area (Å²) in [7, 11) is 0. The molecule has 4 atom stereocenters. The fourth-order valence-electron chi connectivity index (χ4n) is 5.63. The highest BCUT2D eigenvalue weighted by molar-refractivity contribution is 5.95. The standard InChI is InChI=1S/C34H45N9O5/c1-19(2)14-27(41-30(44)24(35)10-7-13-38-34(36)37)31(45)42-28(15-20-17-39-25-11-5-3-8-22(20)25)32(46)43-29(33(47)48)16-21-18-40-26-12-6-4-9-23(21)26/h3-6,8-9,11-12,17-19,24,27-29,39-40H,7,10,13-16,35H2,1-2H3,(H,41,44)(H,42,45)(H,43,46)(H,47,48)(H4,36,37,38). The summed E-state index contributed by atoms with van der Waals surface area (Å²) < 4.78 is 0. The molecule has 2 aromatic carbocycles. The highest BCUT2D eigenvalue weighted by atomic mass is 16.4. The van der Waals surface area contributed by atoms with Crippen molar-refractivity contribution in [2.45, 2.75) is 70.1 Å². The van der Waals surface area contributed by atoms with E-state index in [4.69, 9.17) is 17.2 Å². The molecule has 4 aromatic rings. The number of aromatic amines is 2. The van der Waals surface area contributed by atoms with Gasteiger partial charge in [-0.2, -0.15) is 0 Å². The number of aliphatic imine (C=N–C) groups is 1. The molecular weight excluding hydrogens is 614 g/mol. The molecule has 0 spiro atoms. The molecule has 0 aliphatic heterocycles. The van der Waals surface area contributed by atoms with E-state index in [2.05, 4.69) is 30.9 Å². The number of carbonyl (C=O) groups excluding carboxylic acids is 3. The lowest BCUT2D eigenvalue weighted by Crippen LogP contribution is -2.58. The number of nitrogens with zero attached hydrogens (tertiary/aromatic N) is 1. The number of benzene rings is 2. The van der Waals surface area contributed by atoms with Crippen LogP contribution in [0, 0.1) is 5.92 Å². The number of aromatic nitrogens is 2. The van der Waals surface area contributed by atoms with Gasteiger partial charge >= 0.3 is 5.97 Å². The summed E-state index contributed by atoms with van der Waals surface area (Å²) in [5.41, 5.74) is 20.0. The van der Waals surface area contributed by atoms with Gasteiger partial charge in [0.25, 0.3) is 0 Å². The molecule has 0 saturated carbocycles. The first-order chi connectivity index (χ1) is 22.9. The monoisotopic (exact) mass is 659 g/mol. The normalized spacial score (nSPS) is 13.8. The van der Waals surface area contributed by atoms with Crippen LogP contribution in [-0.4, -0.2) is 75.4 Å². The maximum Gasteiger partial charge on any atom is 0.326 e. The molecule has 4 unspecified atom stereocenters. The quantitative estimate of drug-likeness (QED) is 0.0454. The lowest BCUT2D eigenvalue weighted by Gasteiger charge is -2.26. The number of H-pyrrole nitrogens is 2. The van der Waals surface area contributed by atoms with Crippen LogP contribution in [0.1, 0.15) is 44.2 Å². The summed E-state index contributed by atoms with van der Waals surface area (Å²) in [6.07, 6.45) is 4.59. The number of carbonyl (C=O) groups is 4. The van der Waals surface area contributed by atoms with Crippen molar-refractivity contribution in [1.82, 2.24) is 25.9 Å². The van der Waals surface area contributed by atoms with Gasteiger partial charge < -0.3 is 48.2 Å². The zero-order chi connectivity index (χ0) is 34.8. The van der Waals surface area contributed by atoms with Crippen molar-refractivity contribution < 1.29 is 24.3 Å². The minimum Gasteiger partial charge on any atom is -0.480 e. The zero-order valence-electron chi connectivity index (χ0n) is 27.2. The molecule has 4 rings (SSSR count). The number of rotatable bonds is 17. The largest absolute Gasteiger partial charge is 0.480 e. The lowest BCUT2D eigenvalue weighted by atomic mass is 9.99. The Morgan fingerprint density at radius 3 is 1.81 bits per heavy atom. The van der Waals surface area contributed by atoms with Crippen molar-refractivity contribution in [2.75, 3.05) is 6.54 Å². The smallest absolute Gasteiger partial charge is 0.326 e. The number of hydrogen-bond acceptors (Lipinski definition) is 6. The van der Waals surface area contributed by atoms with E-state index in [1.807, 2.05) is 62.4 Å². The molecule has 3 amide bonds. The van der Waals surface area contributed by atoms with Gasteiger partial charge in [0.05, 0.1) is 6.04 Å². The second kappa shape index (κ2) is 16.5. The summed E-state index contributed by atoms with van der Waals surface area (Å²) in [6, 6.07) is 10.7. The van der Waals surface area contributed by atoms with Crippen molar-refractivity contribution in [3.63, 3.8) is 0 Å². The highest BCUT2D eigenvalue weighted by Crippen LogP contribution is 2.21. The van der Waals surface area contributed by atoms with Crippen molar-refractivity contribution in [3.8, 4) is 0 Å². The van der Waals surface area contributed by atoms with E-state index in [1.165, 1.54) is 0 Å². The van der Waals surface area contributed by atoms with E-state index in [0.717, 1.165) is 32.9 Å². The van der Waals surface area contributed by atoms with Gasteiger partial charge in [0.1, 0.15) is 18.1 Å². The van der Waals surface area contributed by atoms with Crippen LogP contribution in [0.3, 0.4) is 0 Å². The number of carboxylic acid groups (broad SMARTS) is 1. The molecule has 0 fully saturated rings. The maximum atomic E-state index is 13.9. The third-order valence-electron chi connectivity index (χ3n) is 8.09. The topological polar surface area (TPSA) is 247 Å². The molecule has 2 heterocycles. The Bertz CT molecular complexity index is 1760. The van der Waals surface area contributed by atoms with Gasteiger partial charge in [-0.1, -0.05) is 50.2 Å². The summed E-state index contributed by atoms with van der Waals surface area (Å²) in [6.45, 7) is 4.11. The molecule has 0 radical (unpaired) electrons. The van der Waals surface area contributed by atoms with Crippen molar-refractivity contribution in [2.24, 2.45) is 28.1 Å². The number of fused-ring (bicyclic) bond motifs is 2. The predicted molar refractivity (Wildman–Crippen MR) is 185 cm³/mol. The number of carboxylic acids is 1. The Morgan fingerprint density at radius 2 is 1.27 bits per heavy atom. The van der Waals surface area contributed by atoms with Crippen molar-refractivity contribution in [3.05, 3.63) is 72.1 Å². The van der Waals surface area contributed by atoms with Gasteiger partial charge in [-0.25, -0.2) is 4.79 Å². The predicted octanol–water partition coefficient (Wildman–Crippen LogP) is 1.40. The van der Waals surface area contributed by atoms with Crippen LogP contribution in [0.25, 0.3) is 21.8 Å². The van der Waals surface area contributed by atoms with E-state index in [-0.39, 0.29) is 37.6 Å². The lowest BCUT2D eigenvalue weighted by molar-refractivity contribution is -0.142. The van der Waals surface area contributed by atoms with E-state index >= 15 is 0 Å². The van der Waals surface area contributed by atoms with Crippen LogP contribution in [0.5, 0.6) is 0 Å². The van der Waals surface area contributed by atoms with Gasteiger partial charge in [-0.15, -0.1) is 0 Å². The van der Waals surface area contributed by atoms with Gasteiger partial charge in [-0.3, -0.25) is 19.4 Å². The number of aliphatic carboxylic acids is 1. The van der Waals surface area contributed by atoms with Gasteiger partial charge in [-0.05, 0) is 48.4 Å². The number of hydrogen-bond donors (Lipinski definition) is 9. The molecule has 0 saturated heterocycles. The van der Waals surface area contributed by atoms with E-state index in [0.29, 0.717) is 13.0 Å². The Hall–Kier alpha value is -5.37. The van der Waals surface area contributed by atoms with Crippen LogP contribution in [-0.2, 0) is 32.0 Å². The minimum absolute atomic E-state index is 0.00704. The Morgan fingerprint density at radius 1 is 0.771 bits per heavy atom. The number of nitrogens with two attached hydrogens (primary N) is 3. The second-order valence-corrected chi connectivity index (χ2v) is 12.3. The molecule has 14 heteroatoms. The van der Waals surface area contributed by atoms with Crippen LogP contribution >= 0.6 is 0 Å². The van der Waals surface area contributed by atoms with E-state index in [1.54, 1.807) is 12.4 Å². The van der Waals surface area contributed by atoms with E-state index < -0.39 is 47.9 Å². The van der Waals surface area contributed by atoms with Crippen LogP contribution < -0.4 is 33.2 Å². The van der Waals surface area contributed by atoms with Crippen LogP contribution in [0.2, 0.25) is 0 Å². The van der Waals surface area contributed by atoms with Gasteiger partial charge in [0.2, 0.25) is 17.7 Å². The summed E-state index contributed by atoms with van der Waals surface area (Å²) >= 11 is 0. The third-order valence-corrected chi connectivity index (χ3v) is 8.09. The molecule has 0 aliphatic rings. The summed E-state index contributed by atoms with van der Waals surface area (Å²) in [4.78, 5) is 63.2. The molecule has 12 N–H and O–H groups in total. The average Bonchev–Trinajstić information content (AvgIpc) is 3.65. The number of guanidine groups is 1. The van der Waals surface area contributed by atoms with Gasteiger partial charge in [0, 0.05) is 53.6 Å². The molecular formula is C34H45N9O5. The van der Waals surface area contributed by atoms with Gasteiger partial charge in [0.15, 0.2) is 5.96 Å². The van der Waals surface area contributed by atoms with E-state index in [9.17, 15) is 24.3 Å². The fourth-order valence-corrected chi connectivity index (χ4v) is 5.63. The molecule has 0 bridgehead atoms. The van der Waals surface area contributed by atoms with Crippen LogP contribution in [0.4, 0.5) is 0 Å². The molecule has 2 aromatic heterocycles. The zero-order valence-corrected chi connectivity index (χ0v) is 27.2. The number of amides is 3. The molecule has 256 valence electrons. The SMILES string of the molecule is CC(C)CC(NC(=O)C(N)CCCN=C(N)N)C(=O)NC(Cc1c[nH]c2ccccc12)C(=O)NC(Cc1c[nH]c2ccccc12)C(=O)O. The summed E-state index contributed by atoms with van der Waals surface area (Å²) in [5.74, 6) is -3.05. The highest BCUT2D eigenvalue weighted by Gasteiger charge is 2.32.